The van der Waals surface area contributed by atoms with E-state index in [0.29, 0.717) is 11.6 Å². The molecule has 0 radical (unpaired) electrons. The molecule has 1 rings (SSSR count). The van der Waals surface area contributed by atoms with Crippen LogP contribution in [0.25, 0.3) is 0 Å². The van der Waals surface area contributed by atoms with Gasteiger partial charge < -0.3 is 4.74 Å². The van der Waals surface area contributed by atoms with Crippen LogP contribution in [-0.2, 0) is 6.61 Å². The van der Waals surface area contributed by atoms with Crippen molar-refractivity contribution in [1.82, 2.24) is 4.98 Å². The van der Waals surface area contributed by atoms with E-state index in [9.17, 15) is 0 Å². The van der Waals surface area contributed by atoms with Crippen LogP contribution in [0.2, 0.25) is 5.02 Å². The van der Waals surface area contributed by atoms with E-state index in [4.69, 9.17) is 11.6 Å². The second-order valence-electron chi connectivity index (χ2n) is 1.85. The Balaban J connectivity index is 2.69. The number of hydrogen-bond donors (Lipinski definition) is 0. The molecular formula is C7H8ClNO. The maximum atomic E-state index is 5.60. The first-order valence-corrected chi connectivity index (χ1v) is 3.23. The van der Waals surface area contributed by atoms with Crippen LogP contribution >= 0.6 is 11.6 Å². The number of pyridine rings is 1. The highest BCUT2D eigenvalue weighted by atomic mass is 35.5. The normalized spacial score (nSPS) is 9.80. The summed E-state index contributed by atoms with van der Waals surface area (Å²) in [5, 5.41) is 0.646. The maximum Gasteiger partial charge on any atom is 0.162 e. The number of rotatable bonds is 2. The van der Waals surface area contributed by atoms with Gasteiger partial charge in [0.05, 0.1) is 5.02 Å². The van der Waals surface area contributed by atoms with E-state index in [1.165, 1.54) is 0 Å². The highest BCUT2D eigenvalue weighted by molar-refractivity contribution is 6.30. The predicted molar refractivity (Wildman–Crippen MR) is 40.5 cm³/mol. The fraction of sp³-hybridized carbons (Fsp3) is 0.143. The van der Waals surface area contributed by atoms with E-state index in [1.54, 1.807) is 12.3 Å². The summed E-state index contributed by atoms with van der Waals surface area (Å²) in [6.45, 7) is 0.553. The fourth-order valence-corrected chi connectivity index (χ4v) is 0.726. The first kappa shape index (κ1) is 7.51. The van der Waals surface area contributed by atoms with Gasteiger partial charge in [-0.05, 0) is 12.1 Å². The Bertz CT molecular complexity index is 197. The van der Waals surface area contributed by atoms with Crippen LogP contribution in [-0.4, -0.2) is 9.72 Å². The Labute approximate surface area is 64.8 Å². The molecule has 0 amide bonds. The van der Waals surface area contributed by atoms with E-state index in [2.05, 4.69) is 16.8 Å². The van der Waals surface area contributed by atoms with Crippen molar-refractivity contribution in [1.29, 1.82) is 0 Å². The molecule has 0 aliphatic heterocycles. The molecule has 0 fully saturated rings. The summed E-state index contributed by atoms with van der Waals surface area (Å²) in [6, 6.07) is 3.62. The maximum absolute atomic E-state index is 5.60. The van der Waals surface area contributed by atoms with E-state index in [0.717, 1.165) is 5.69 Å². The summed E-state index contributed by atoms with van der Waals surface area (Å²) < 4.78 is 3.68. The Hall–Kier alpha value is -0.600. The lowest BCUT2D eigenvalue weighted by Crippen LogP contribution is -1.92. The molecule has 10 heavy (non-hydrogen) atoms. The first-order valence-electron chi connectivity index (χ1n) is 2.86. The molecule has 0 saturated carbocycles. The van der Waals surface area contributed by atoms with Crippen molar-refractivity contribution in [2.75, 3.05) is 0 Å². The van der Waals surface area contributed by atoms with Crippen molar-refractivity contribution in [2.45, 2.75) is 6.61 Å². The van der Waals surface area contributed by atoms with Crippen LogP contribution < -0.4 is 0 Å². The van der Waals surface area contributed by atoms with E-state index in [1.807, 2.05) is 6.07 Å². The molecule has 1 heterocycles. The van der Waals surface area contributed by atoms with Gasteiger partial charge in [0.2, 0.25) is 0 Å². The van der Waals surface area contributed by atoms with Crippen molar-refractivity contribution >= 4 is 11.6 Å². The minimum Gasteiger partial charge on any atom is -0.577 e. The van der Waals surface area contributed by atoms with Gasteiger partial charge >= 0.3 is 0 Å². The van der Waals surface area contributed by atoms with Gasteiger partial charge in [0.15, 0.2) is 6.61 Å². The molecular weight excluding hydrogens is 150 g/mol. The molecule has 0 saturated heterocycles. The van der Waals surface area contributed by atoms with Crippen molar-refractivity contribution in [3.05, 3.63) is 36.2 Å². The molecule has 0 aromatic carbocycles. The smallest absolute Gasteiger partial charge is 0.162 e. The van der Waals surface area contributed by atoms with Crippen molar-refractivity contribution < 1.29 is 4.74 Å². The standard InChI is InChI=1S/C7H8ClNO/c1-10-5-7-3-2-6(8)4-9-7/h2-4,10H,1,5H2. The quantitative estimate of drug-likeness (QED) is 0.473. The highest BCUT2D eigenvalue weighted by Crippen LogP contribution is 2.05. The number of ether oxygens (including phenoxy) is 1. The molecule has 54 valence electrons. The van der Waals surface area contributed by atoms with E-state index in [-0.39, 0.29) is 0 Å². The molecule has 1 aromatic heterocycles. The molecule has 0 spiro atoms. The average molecular weight is 158 g/mol. The van der Waals surface area contributed by atoms with Gasteiger partial charge in [-0.2, -0.15) is 0 Å². The summed E-state index contributed by atoms with van der Waals surface area (Å²) in [5.74, 6) is 0. The van der Waals surface area contributed by atoms with Crippen LogP contribution in [0, 0.1) is 7.11 Å². The zero-order chi connectivity index (χ0) is 7.40. The second kappa shape index (κ2) is 3.54. The van der Waals surface area contributed by atoms with E-state index >= 15 is 0 Å². The summed E-state index contributed by atoms with van der Waals surface area (Å²) in [7, 11) is 3.36. The molecule has 0 aliphatic carbocycles. The van der Waals surface area contributed by atoms with Crippen LogP contribution in [0.3, 0.4) is 0 Å². The molecule has 0 unspecified atom stereocenters. The van der Waals surface area contributed by atoms with Crippen molar-refractivity contribution in [3.63, 3.8) is 0 Å². The summed E-state index contributed by atoms with van der Waals surface area (Å²) in [5.41, 5.74) is 0.888. The SMILES string of the molecule is [CH2-][OH+]Cc1ccc(Cl)cn1. The molecule has 1 aromatic rings. The zero-order valence-electron chi connectivity index (χ0n) is 5.42. The minimum absolute atomic E-state index is 0.553. The lowest BCUT2D eigenvalue weighted by Gasteiger charge is -1.98. The lowest BCUT2D eigenvalue weighted by molar-refractivity contribution is 0.0377. The molecule has 1 N–H and O–H groups in total. The van der Waals surface area contributed by atoms with Gasteiger partial charge in [-0.3, -0.25) is 4.98 Å². The molecule has 0 aliphatic rings. The fourth-order valence-electron chi connectivity index (χ4n) is 0.615. The highest BCUT2D eigenvalue weighted by Gasteiger charge is 1.92. The Morgan fingerprint density at radius 2 is 2.40 bits per heavy atom. The van der Waals surface area contributed by atoms with Gasteiger partial charge in [-0.1, -0.05) is 18.7 Å². The van der Waals surface area contributed by atoms with Gasteiger partial charge in [0.25, 0.3) is 0 Å². The Morgan fingerprint density at radius 3 is 2.90 bits per heavy atom. The van der Waals surface area contributed by atoms with Gasteiger partial charge in [0.1, 0.15) is 5.69 Å². The van der Waals surface area contributed by atoms with Crippen LogP contribution in [0.5, 0.6) is 0 Å². The third-order valence-corrected chi connectivity index (χ3v) is 1.29. The number of halogens is 1. The summed E-state index contributed by atoms with van der Waals surface area (Å²) in [4.78, 5) is 4.00. The molecule has 3 heteroatoms. The second-order valence-corrected chi connectivity index (χ2v) is 2.29. The Kier molecular flexibility index (Phi) is 2.66. The summed E-state index contributed by atoms with van der Waals surface area (Å²) >= 11 is 5.60. The summed E-state index contributed by atoms with van der Waals surface area (Å²) in [6.07, 6.45) is 1.60. The monoisotopic (exact) mass is 157 g/mol. The van der Waals surface area contributed by atoms with Crippen molar-refractivity contribution in [2.24, 2.45) is 0 Å². The lowest BCUT2D eigenvalue weighted by atomic mass is 10.4. The third-order valence-electron chi connectivity index (χ3n) is 1.06. The first-order chi connectivity index (χ1) is 4.83. The van der Waals surface area contributed by atoms with Crippen LogP contribution in [0.4, 0.5) is 0 Å². The van der Waals surface area contributed by atoms with Crippen LogP contribution in [0.15, 0.2) is 18.3 Å². The molecule has 0 atom stereocenters. The molecule has 2 nitrogen and oxygen atoms in total. The van der Waals surface area contributed by atoms with Gasteiger partial charge in [-0.25, -0.2) is 0 Å². The van der Waals surface area contributed by atoms with Crippen molar-refractivity contribution in [3.8, 4) is 0 Å². The largest absolute Gasteiger partial charge is 0.577 e. The van der Waals surface area contributed by atoms with Gasteiger partial charge in [0, 0.05) is 6.20 Å². The predicted octanol–water partition coefficient (Wildman–Crippen LogP) is 1.55. The van der Waals surface area contributed by atoms with E-state index < -0.39 is 0 Å². The zero-order valence-corrected chi connectivity index (χ0v) is 6.17. The average Bonchev–Trinajstić information content (AvgIpc) is 1.95. The topological polar surface area (TPSA) is 25.7 Å². The third kappa shape index (κ3) is 1.97. The van der Waals surface area contributed by atoms with Gasteiger partial charge in [-0.15, -0.1) is 0 Å². The molecule has 0 bridgehead atoms. The number of aliphatic hydroxyl groups is 2. The minimum atomic E-state index is 0.553. The Morgan fingerprint density at radius 1 is 1.60 bits per heavy atom. The number of hydrogen-bond acceptors (Lipinski definition) is 1. The van der Waals surface area contributed by atoms with Crippen LogP contribution in [0.1, 0.15) is 5.69 Å². The number of aromatic nitrogens is 1. The number of nitrogens with zero attached hydrogens (tertiary/aromatic N) is 1.